The molecule has 1 atom stereocenters. The molecule has 0 aromatic heterocycles. The molecule has 0 aliphatic carbocycles. The van der Waals surface area contributed by atoms with E-state index in [0.29, 0.717) is 0 Å². The van der Waals surface area contributed by atoms with E-state index < -0.39 is 11.1 Å². The van der Waals surface area contributed by atoms with Gasteiger partial charge >= 0.3 is 6.17 Å². The van der Waals surface area contributed by atoms with Crippen LogP contribution in [0.25, 0.3) is 0 Å². The normalized spacial score (nSPS) is 23.3. The Balaban J connectivity index is 2.77. The predicted octanol–water partition coefficient (Wildman–Crippen LogP) is 1.52. The van der Waals surface area contributed by atoms with Crippen molar-refractivity contribution in [3.8, 4) is 0 Å². The van der Waals surface area contributed by atoms with Gasteiger partial charge in [0.2, 0.25) is 0 Å². The van der Waals surface area contributed by atoms with E-state index >= 15 is 0 Å². The highest BCUT2D eigenvalue weighted by molar-refractivity contribution is 6.14. The summed E-state index contributed by atoms with van der Waals surface area (Å²) in [5.74, 6) is 0. The Bertz CT molecular complexity index is 237. The molecule has 5 heteroatoms. The van der Waals surface area contributed by atoms with Gasteiger partial charge in [-0.05, 0) is 12.5 Å². The Morgan fingerprint density at radius 3 is 2.91 bits per heavy atom. The lowest BCUT2D eigenvalue weighted by Crippen LogP contribution is -2.30. The maximum atomic E-state index is 10.3. The predicted molar refractivity (Wildman–Crippen MR) is 41.4 cm³/mol. The second-order valence-electron chi connectivity index (χ2n) is 2.28. The average molecular weight is 175 g/mol. The van der Waals surface area contributed by atoms with Crippen LogP contribution in [-0.2, 0) is 0 Å². The third-order valence-electron chi connectivity index (χ3n) is 1.33. The van der Waals surface area contributed by atoms with Crippen LogP contribution in [0.15, 0.2) is 23.9 Å². The number of halogens is 1. The second-order valence-corrected chi connectivity index (χ2v) is 2.67. The molecule has 0 aromatic carbocycles. The maximum absolute atomic E-state index is 10.3. The van der Waals surface area contributed by atoms with Gasteiger partial charge in [-0.15, -0.1) is 0 Å². The fourth-order valence-corrected chi connectivity index (χ4v) is 1.08. The number of hydrogen-bond acceptors (Lipinski definition) is 3. The molecule has 0 N–H and O–H groups in total. The van der Waals surface area contributed by atoms with Crippen molar-refractivity contribution in [2.75, 3.05) is 0 Å². The van der Waals surface area contributed by atoms with E-state index in [0.717, 1.165) is 9.99 Å². The first-order valence-electron chi connectivity index (χ1n) is 3.05. The third kappa shape index (κ3) is 1.71. The topological polar surface area (TPSA) is 46.4 Å². The van der Waals surface area contributed by atoms with Crippen molar-refractivity contribution in [2.45, 2.75) is 13.1 Å². The quantitative estimate of drug-likeness (QED) is 0.344. The van der Waals surface area contributed by atoms with Crippen molar-refractivity contribution in [3.05, 3.63) is 34.0 Å². The molecule has 1 heterocycles. The smallest absolute Gasteiger partial charge is 0.262 e. The van der Waals surface area contributed by atoms with Crippen molar-refractivity contribution < 1.29 is 4.92 Å². The Labute approximate surface area is 69.0 Å². The number of allylic oxidation sites excluding steroid dienone is 2. The van der Waals surface area contributed by atoms with Gasteiger partial charge in [-0.2, -0.15) is 0 Å². The van der Waals surface area contributed by atoms with E-state index in [1.165, 1.54) is 12.3 Å². The Morgan fingerprint density at radius 2 is 2.45 bits per heavy atom. The molecular formula is C6H7ClN2O2. The first-order valence-corrected chi connectivity index (χ1v) is 3.39. The molecule has 0 saturated carbocycles. The summed E-state index contributed by atoms with van der Waals surface area (Å²) in [7, 11) is 0. The summed E-state index contributed by atoms with van der Waals surface area (Å²) >= 11 is 5.54. The maximum Gasteiger partial charge on any atom is 0.319 e. The molecule has 60 valence electrons. The summed E-state index contributed by atoms with van der Waals surface area (Å²) < 4.78 is 1.05. The van der Waals surface area contributed by atoms with Gasteiger partial charge in [0.1, 0.15) is 0 Å². The molecule has 0 bridgehead atoms. The Kier molecular flexibility index (Phi) is 2.14. The molecule has 11 heavy (non-hydrogen) atoms. The summed E-state index contributed by atoms with van der Waals surface area (Å²) in [5, 5.41) is 10.3. The largest absolute Gasteiger partial charge is 0.319 e. The molecule has 0 amide bonds. The van der Waals surface area contributed by atoms with Crippen molar-refractivity contribution in [1.29, 1.82) is 0 Å². The van der Waals surface area contributed by atoms with Crippen molar-refractivity contribution in [2.24, 2.45) is 0 Å². The summed E-state index contributed by atoms with van der Waals surface area (Å²) in [6.45, 7) is 1.82. The standard InChI is InChI=1S/C6H7ClN2O2/c1-5-2-3-6(9(10)11)8(7)4-5/h2-4,6H,1H3. The molecule has 1 unspecified atom stereocenters. The van der Waals surface area contributed by atoms with Gasteiger partial charge < -0.3 is 0 Å². The van der Waals surface area contributed by atoms with E-state index in [2.05, 4.69) is 0 Å². The fraction of sp³-hybridized carbons (Fsp3) is 0.333. The SMILES string of the molecule is CC1=CN(Cl)C([N+](=O)[O-])C=C1. The zero-order chi connectivity index (χ0) is 8.43. The van der Waals surface area contributed by atoms with E-state index in [1.807, 2.05) is 6.92 Å². The number of nitro groups is 1. The van der Waals surface area contributed by atoms with Crippen molar-refractivity contribution in [3.63, 3.8) is 0 Å². The van der Waals surface area contributed by atoms with Gasteiger partial charge in [0, 0.05) is 24.1 Å². The van der Waals surface area contributed by atoms with E-state index in [4.69, 9.17) is 11.8 Å². The average Bonchev–Trinajstić information content (AvgIpc) is 1.85. The van der Waals surface area contributed by atoms with E-state index in [9.17, 15) is 10.1 Å². The molecule has 1 aliphatic heterocycles. The second kappa shape index (κ2) is 2.92. The minimum Gasteiger partial charge on any atom is -0.262 e. The van der Waals surface area contributed by atoms with Crippen LogP contribution in [-0.4, -0.2) is 15.5 Å². The lowest BCUT2D eigenvalue weighted by atomic mass is 10.2. The minimum atomic E-state index is -0.930. The molecular weight excluding hydrogens is 168 g/mol. The zero-order valence-electron chi connectivity index (χ0n) is 5.90. The Hall–Kier alpha value is -1.03. The fourth-order valence-electron chi connectivity index (χ4n) is 0.794. The summed E-state index contributed by atoms with van der Waals surface area (Å²) in [6, 6.07) is 0. The minimum absolute atomic E-state index is 0.452. The highest BCUT2D eigenvalue weighted by Gasteiger charge is 2.23. The van der Waals surface area contributed by atoms with Crippen LogP contribution in [0.3, 0.4) is 0 Å². The molecule has 1 aliphatic rings. The Morgan fingerprint density at radius 1 is 1.82 bits per heavy atom. The van der Waals surface area contributed by atoms with Crippen LogP contribution in [0, 0.1) is 10.1 Å². The van der Waals surface area contributed by atoms with Gasteiger partial charge in [-0.1, -0.05) is 6.08 Å². The van der Waals surface area contributed by atoms with Gasteiger partial charge in [0.05, 0.1) is 4.92 Å². The van der Waals surface area contributed by atoms with Crippen LogP contribution < -0.4 is 0 Å². The van der Waals surface area contributed by atoms with Crippen molar-refractivity contribution in [1.82, 2.24) is 4.42 Å². The van der Waals surface area contributed by atoms with Crippen LogP contribution in [0.1, 0.15) is 6.92 Å². The van der Waals surface area contributed by atoms with Gasteiger partial charge in [-0.25, -0.2) is 4.42 Å². The molecule has 4 nitrogen and oxygen atoms in total. The van der Waals surface area contributed by atoms with Gasteiger partial charge in [0.25, 0.3) is 0 Å². The van der Waals surface area contributed by atoms with Crippen LogP contribution >= 0.6 is 11.8 Å². The molecule has 1 rings (SSSR count). The van der Waals surface area contributed by atoms with Crippen LogP contribution in [0.4, 0.5) is 0 Å². The monoisotopic (exact) mass is 174 g/mol. The number of nitrogens with zero attached hydrogens (tertiary/aromatic N) is 2. The first kappa shape index (κ1) is 8.07. The summed E-state index contributed by atoms with van der Waals surface area (Å²) in [6.07, 6.45) is 3.71. The lowest BCUT2D eigenvalue weighted by Gasteiger charge is -2.16. The zero-order valence-corrected chi connectivity index (χ0v) is 6.65. The molecule has 0 aromatic rings. The summed E-state index contributed by atoms with van der Waals surface area (Å²) in [5.41, 5.74) is 0.901. The molecule has 0 fully saturated rings. The number of rotatable bonds is 1. The molecule has 0 radical (unpaired) electrons. The van der Waals surface area contributed by atoms with E-state index in [-0.39, 0.29) is 0 Å². The first-order chi connectivity index (χ1) is 5.11. The van der Waals surface area contributed by atoms with Crippen LogP contribution in [0.2, 0.25) is 0 Å². The van der Waals surface area contributed by atoms with Gasteiger partial charge in [-0.3, -0.25) is 10.1 Å². The summed E-state index contributed by atoms with van der Waals surface area (Å²) in [4.78, 5) is 9.82. The highest BCUT2D eigenvalue weighted by atomic mass is 35.5. The third-order valence-corrected chi connectivity index (χ3v) is 1.62. The van der Waals surface area contributed by atoms with Gasteiger partial charge in [0.15, 0.2) is 0 Å². The van der Waals surface area contributed by atoms with E-state index in [1.54, 1.807) is 6.08 Å². The molecule has 0 saturated heterocycles. The number of hydrogen-bond donors (Lipinski definition) is 0. The van der Waals surface area contributed by atoms with Crippen LogP contribution in [0.5, 0.6) is 0 Å². The molecule has 0 spiro atoms. The van der Waals surface area contributed by atoms with Crippen molar-refractivity contribution >= 4 is 11.8 Å². The lowest BCUT2D eigenvalue weighted by molar-refractivity contribution is -0.526. The highest BCUT2D eigenvalue weighted by Crippen LogP contribution is 2.15.